The summed E-state index contributed by atoms with van der Waals surface area (Å²) in [5, 5.41) is 0. The summed E-state index contributed by atoms with van der Waals surface area (Å²) in [6.45, 7) is 2.02. The quantitative estimate of drug-likeness (QED) is 0.851. The third-order valence-corrected chi connectivity index (χ3v) is 5.18. The zero-order chi connectivity index (χ0) is 16.7. The summed E-state index contributed by atoms with van der Waals surface area (Å²) in [5.74, 6) is 1.96. The molecule has 0 amide bonds. The van der Waals surface area contributed by atoms with Crippen molar-refractivity contribution in [2.45, 2.75) is 25.7 Å². The first kappa shape index (κ1) is 15.0. The molecule has 0 saturated heterocycles. The molecule has 0 saturated carbocycles. The minimum Gasteiger partial charge on any atom is -0.481 e. The predicted octanol–water partition coefficient (Wildman–Crippen LogP) is 2.97. The van der Waals surface area contributed by atoms with E-state index in [1.165, 1.54) is 0 Å². The van der Waals surface area contributed by atoms with E-state index in [1.807, 2.05) is 25.1 Å². The third-order valence-electron chi connectivity index (χ3n) is 5.18. The molecule has 0 aliphatic heterocycles. The van der Waals surface area contributed by atoms with Gasteiger partial charge in [0.05, 0.1) is 12.8 Å². The topological polar surface area (TPSA) is 65.0 Å². The number of rotatable bonds is 2. The lowest BCUT2D eigenvalue weighted by Gasteiger charge is -2.36. The monoisotopic (exact) mass is 321 g/mol. The van der Waals surface area contributed by atoms with Crippen molar-refractivity contribution in [2.24, 2.45) is 11.8 Å². The van der Waals surface area contributed by atoms with Gasteiger partial charge in [-0.15, -0.1) is 0 Å². The summed E-state index contributed by atoms with van der Waals surface area (Å²) in [7, 11) is 1.64. The first-order valence-corrected chi connectivity index (χ1v) is 8.26. The molecule has 2 aliphatic rings. The lowest BCUT2D eigenvalue weighted by Crippen LogP contribution is -2.33. The molecule has 0 fully saturated rings. The van der Waals surface area contributed by atoms with Crippen molar-refractivity contribution in [3.63, 3.8) is 0 Å². The van der Waals surface area contributed by atoms with Crippen LogP contribution in [0.3, 0.4) is 0 Å². The van der Waals surface area contributed by atoms with Gasteiger partial charge in [-0.05, 0) is 37.0 Å². The molecule has 3 atom stereocenters. The fourth-order valence-corrected chi connectivity index (χ4v) is 3.83. The van der Waals surface area contributed by atoms with Crippen LogP contribution in [0.1, 0.15) is 30.5 Å². The van der Waals surface area contributed by atoms with Crippen LogP contribution in [-0.4, -0.2) is 27.8 Å². The summed E-state index contributed by atoms with van der Waals surface area (Å²) in [6, 6.07) is 3.81. The molecule has 5 heteroatoms. The van der Waals surface area contributed by atoms with Crippen LogP contribution in [0.4, 0.5) is 0 Å². The Hall–Kier alpha value is -2.56. The van der Waals surface area contributed by atoms with Gasteiger partial charge in [0, 0.05) is 35.4 Å². The number of methoxy groups -OCH3 is 1. The molecule has 2 aromatic rings. The number of aromatic nitrogens is 3. The summed E-state index contributed by atoms with van der Waals surface area (Å²) in [6.07, 6.45) is 9.00. The summed E-state index contributed by atoms with van der Waals surface area (Å²) < 4.78 is 5.54. The lowest BCUT2D eigenvalue weighted by atomic mass is 9.68. The van der Waals surface area contributed by atoms with Gasteiger partial charge < -0.3 is 4.74 Å². The number of ether oxygens (including phenoxy) is 1. The highest BCUT2D eigenvalue weighted by Gasteiger charge is 2.39. The number of allylic oxidation sites excluding steroid dienone is 2. The van der Waals surface area contributed by atoms with Crippen LogP contribution < -0.4 is 4.74 Å². The Labute approximate surface area is 140 Å². The van der Waals surface area contributed by atoms with Gasteiger partial charge in [-0.25, -0.2) is 4.98 Å². The lowest BCUT2D eigenvalue weighted by molar-refractivity contribution is -0.120. The summed E-state index contributed by atoms with van der Waals surface area (Å²) in [5.41, 5.74) is 2.93. The fraction of sp³-hybridized carbons (Fsp3) is 0.368. The molecule has 3 unspecified atom stereocenters. The zero-order valence-electron chi connectivity index (χ0n) is 13.8. The maximum absolute atomic E-state index is 12.0. The van der Waals surface area contributed by atoms with E-state index in [-0.39, 0.29) is 17.6 Å². The van der Waals surface area contributed by atoms with E-state index >= 15 is 0 Å². The van der Waals surface area contributed by atoms with E-state index in [0.29, 0.717) is 17.6 Å². The van der Waals surface area contributed by atoms with Gasteiger partial charge in [0.1, 0.15) is 0 Å². The number of hydrogen-bond donors (Lipinski definition) is 0. The Morgan fingerprint density at radius 2 is 2.17 bits per heavy atom. The van der Waals surface area contributed by atoms with Crippen LogP contribution >= 0.6 is 0 Å². The zero-order valence-corrected chi connectivity index (χ0v) is 13.8. The molecule has 2 heterocycles. The van der Waals surface area contributed by atoms with Crippen LogP contribution in [0.25, 0.3) is 11.4 Å². The van der Waals surface area contributed by atoms with Gasteiger partial charge in [-0.3, -0.25) is 9.78 Å². The Bertz CT molecular complexity index is 817. The first-order valence-electron chi connectivity index (χ1n) is 8.26. The van der Waals surface area contributed by atoms with Crippen molar-refractivity contribution in [2.75, 3.05) is 7.11 Å². The SMILES string of the molecule is COc1nc(-c2cccnc2)nc2c1CCC1C(C)C(=O)C=CC21. The average Bonchev–Trinajstić information content (AvgIpc) is 2.64. The van der Waals surface area contributed by atoms with E-state index < -0.39 is 0 Å². The number of fused-ring (bicyclic) bond motifs is 3. The molecule has 0 aromatic carbocycles. The number of hydrogen-bond acceptors (Lipinski definition) is 5. The second kappa shape index (κ2) is 5.82. The van der Waals surface area contributed by atoms with Gasteiger partial charge in [-0.1, -0.05) is 13.0 Å². The van der Waals surface area contributed by atoms with Crippen molar-refractivity contribution in [1.82, 2.24) is 15.0 Å². The van der Waals surface area contributed by atoms with Crippen LogP contribution in [0, 0.1) is 11.8 Å². The average molecular weight is 321 g/mol. The van der Waals surface area contributed by atoms with Crippen molar-refractivity contribution >= 4 is 5.78 Å². The molecule has 122 valence electrons. The van der Waals surface area contributed by atoms with Crippen molar-refractivity contribution in [1.29, 1.82) is 0 Å². The second-order valence-corrected chi connectivity index (χ2v) is 6.44. The number of carbonyl (C=O) groups is 1. The van der Waals surface area contributed by atoms with E-state index in [4.69, 9.17) is 9.72 Å². The molecule has 0 spiro atoms. The smallest absolute Gasteiger partial charge is 0.220 e. The van der Waals surface area contributed by atoms with Gasteiger partial charge >= 0.3 is 0 Å². The van der Waals surface area contributed by atoms with Crippen molar-refractivity contribution in [3.05, 3.63) is 47.9 Å². The number of ketones is 1. The third kappa shape index (κ3) is 2.31. The molecule has 5 nitrogen and oxygen atoms in total. The van der Waals surface area contributed by atoms with Crippen LogP contribution in [0.2, 0.25) is 0 Å². The summed E-state index contributed by atoms with van der Waals surface area (Å²) >= 11 is 0. The van der Waals surface area contributed by atoms with Crippen LogP contribution in [0.5, 0.6) is 5.88 Å². The standard InChI is InChI=1S/C19H19N3O2/c1-11-13-5-6-15-17(14(13)7-8-16(11)23)21-18(22-19(15)24-2)12-4-3-9-20-10-12/h3-4,7-11,13-14H,5-6H2,1-2H3. The Morgan fingerprint density at radius 1 is 1.29 bits per heavy atom. The highest BCUT2D eigenvalue weighted by Crippen LogP contribution is 2.45. The maximum Gasteiger partial charge on any atom is 0.220 e. The largest absolute Gasteiger partial charge is 0.481 e. The van der Waals surface area contributed by atoms with Crippen LogP contribution in [0.15, 0.2) is 36.7 Å². The highest BCUT2D eigenvalue weighted by atomic mass is 16.5. The van der Waals surface area contributed by atoms with E-state index in [1.54, 1.807) is 25.6 Å². The number of carbonyl (C=O) groups excluding carboxylic acids is 1. The van der Waals surface area contributed by atoms with Gasteiger partial charge in [0.2, 0.25) is 5.88 Å². The Balaban J connectivity index is 1.87. The van der Waals surface area contributed by atoms with E-state index in [9.17, 15) is 4.79 Å². The molecular weight excluding hydrogens is 302 g/mol. The molecule has 4 rings (SSSR count). The Kier molecular flexibility index (Phi) is 3.63. The predicted molar refractivity (Wildman–Crippen MR) is 89.7 cm³/mol. The minimum absolute atomic E-state index is 0.0379. The molecular formula is C19H19N3O2. The van der Waals surface area contributed by atoms with Crippen LogP contribution in [-0.2, 0) is 11.2 Å². The summed E-state index contributed by atoms with van der Waals surface area (Å²) in [4.78, 5) is 25.6. The van der Waals surface area contributed by atoms with Gasteiger partial charge in [0.15, 0.2) is 11.6 Å². The normalized spacial score (nSPS) is 25.1. The van der Waals surface area contributed by atoms with E-state index in [2.05, 4.69) is 9.97 Å². The fourth-order valence-electron chi connectivity index (χ4n) is 3.83. The van der Waals surface area contributed by atoms with Gasteiger partial charge in [0.25, 0.3) is 0 Å². The van der Waals surface area contributed by atoms with Crippen molar-refractivity contribution in [3.8, 4) is 17.3 Å². The highest BCUT2D eigenvalue weighted by molar-refractivity contribution is 5.93. The van der Waals surface area contributed by atoms with Crippen molar-refractivity contribution < 1.29 is 9.53 Å². The molecule has 0 radical (unpaired) electrons. The molecule has 24 heavy (non-hydrogen) atoms. The molecule has 2 aliphatic carbocycles. The first-order chi connectivity index (χ1) is 11.7. The van der Waals surface area contributed by atoms with E-state index in [0.717, 1.165) is 29.7 Å². The molecule has 2 aromatic heterocycles. The maximum atomic E-state index is 12.0. The number of pyridine rings is 1. The Morgan fingerprint density at radius 3 is 2.92 bits per heavy atom. The molecule has 0 bridgehead atoms. The molecule has 0 N–H and O–H groups in total. The number of nitrogens with zero attached hydrogens (tertiary/aromatic N) is 3. The van der Waals surface area contributed by atoms with Gasteiger partial charge in [-0.2, -0.15) is 4.98 Å². The second-order valence-electron chi connectivity index (χ2n) is 6.44. The minimum atomic E-state index is 0.0379.